The van der Waals surface area contributed by atoms with Gasteiger partial charge in [0, 0.05) is 4.88 Å². The Bertz CT molecular complexity index is 745. The van der Waals surface area contributed by atoms with E-state index in [9.17, 15) is 9.59 Å². The quantitative estimate of drug-likeness (QED) is 0.882. The predicted molar refractivity (Wildman–Crippen MR) is 81.5 cm³/mol. The highest BCUT2D eigenvalue weighted by molar-refractivity contribution is 7.14. The van der Waals surface area contributed by atoms with E-state index in [1.807, 2.05) is 20.8 Å². The van der Waals surface area contributed by atoms with E-state index in [0.29, 0.717) is 17.1 Å². The highest BCUT2D eigenvalue weighted by atomic mass is 35.5. The fourth-order valence-electron chi connectivity index (χ4n) is 2.02. The fraction of sp³-hybridized carbons (Fsp3) is 0.462. The number of hydrogen-bond acceptors (Lipinski definition) is 4. The van der Waals surface area contributed by atoms with Gasteiger partial charge >= 0.3 is 5.69 Å². The van der Waals surface area contributed by atoms with Crippen molar-refractivity contribution in [2.45, 2.75) is 40.0 Å². The first-order chi connectivity index (χ1) is 9.49. The van der Waals surface area contributed by atoms with Crippen molar-refractivity contribution in [1.29, 1.82) is 0 Å². The molecule has 0 spiro atoms. The van der Waals surface area contributed by atoms with Crippen LogP contribution in [-0.4, -0.2) is 14.5 Å². The molecule has 0 saturated carbocycles. The van der Waals surface area contributed by atoms with E-state index in [2.05, 4.69) is 9.97 Å². The Balaban J connectivity index is 2.70. The molecule has 0 saturated heterocycles. The standard InChI is InChI=1S/C13H16ClN3O2S/c1-4-6-8-10(14)16-12(19)17(11(8)18)13-15-9(5-2)7(3)20-13/h4-6H2,1-3H3,(H,16,19). The molecule has 5 nitrogen and oxygen atoms in total. The molecule has 2 aromatic heterocycles. The number of aromatic nitrogens is 3. The fourth-order valence-corrected chi connectivity index (χ4v) is 3.27. The van der Waals surface area contributed by atoms with Crippen LogP contribution in [0.5, 0.6) is 0 Å². The molecule has 2 rings (SSSR count). The van der Waals surface area contributed by atoms with E-state index in [1.54, 1.807) is 0 Å². The molecule has 7 heteroatoms. The van der Waals surface area contributed by atoms with Crippen LogP contribution in [0.1, 0.15) is 36.4 Å². The van der Waals surface area contributed by atoms with Gasteiger partial charge in [-0.05, 0) is 19.8 Å². The summed E-state index contributed by atoms with van der Waals surface area (Å²) in [6.45, 7) is 5.87. The van der Waals surface area contributed by atoms with Crippen LogP contribution >= 0.6 is 22.9 Å². The minimum absolute atomic E-state index is 0.127. The highest BCUT2D eigenvalue weighted by Gasteiger charge is 2.17. The Morgan fingerprint density at radius 2 is 2.05 bits per heavy atom. The van der Waals surface area contributed by atoms with Crippen molar-refractivity contribution in [2.75, 3.05) is 0 Å². The molecular weight excluding hydrogens is 298 g/mol. The molecule has 108 valence electrons. The van der Waals surface area contributed by atoms with Crippen LogP contribution in [0.3, 0.4) is 0 Å². The minimum atomic E-state index is -0.545. The number of nitrogens with zero attached hydrogens (tertiary/aromatic N) is 2. The summed E-state index contributed by atoms with van der Waals surface area (Å²) >= 11 is 7.29. The van der Waals surface area contributed by atoms with Gasteiger partial charge in [0.1, 0.15) is 5.15 Å². The lowest BCUT2D eigenvalue weighted by Gasteiger charge is -2.05. The van der Waals surface area contributed by atoms with Crippen LogP contribution in [-0.2, 0) is 12.8 Å². The maximum Gasteiger partial charge on any atom is 0.336 e. The second-order valence-electron chi connectivity index (χ2n) is 4.47. The Morgan fingerprint density at radius 1 is 1.35 bits per heavy atom. The van der Waals surface area contributed by atoms with Crippen molar-refractivity contribution in [1.82, 2.24) is 14.5 Å². The summed E-state index contributed by atoms with van der Waals surface area (Å²) in [6.07, 6.45) is 2.07. The zero-order chi connectivity index (χ0) is 14.9. The SMILES string of the molecule is CCCc1c(Cl)[nH]c(=O)n(-c2nc(CC)c(C)s2)c1=O. The average Bonchev–Trinajstić information content (AvgIpc) is 2.75. The molecule has 1 N–H and O–H groups in total. The van der Waals surface area contributed by atoms with Crippen LogP contribution in [0.4, 0.5) is 0 Å². The summed E-state index contributed by atoms with van der Waals surface area (Å²) in [5.74, 6) is 0. The van der Waals surface area contributed by atoms with Gasteiger partial charge in [-0.3, -0.25) is 9.78 Å². The lowest BCUT2D eigenvalue weighted by atomic mass is 10.2. The second kappa shape index (κ2) is 5.93. The van der Waals surface area contributed by atoms with Crippen molar-refractivity contribution >= 4 is 22.9 Å². The zero-order valence-corrected chi connectivity index (χ0v) is 13.2. The molecule has 0 fully saturated rings. The molecule has 0 radical (unpaired) electrons. The number of hydrogen-bond donors (Lipinski definition) is 1. The number of aryl methyl sites for hydroxylation is 2. The molecule has 0 aliphatic carbocycles. The van der Waals surface area contributed by atoms with Gasteiger partial charge in [-0.25, -0.2) is 14.3 Å². The summed E-state index contributed by atoms with van der Waals surface area (Å²) in [5.41, 5.74) is 0.413. The van der Waals surface area contributed by atoms with Gasteiger partial charge in [-0.1, -0.05) is 31.9 Å². The maximum atomic E-state index is 12.4. The summed E-state index contributed by atoms with van der Waals surface area (Å²) in [7, 11) is 0. The van der Waals surface area contributed by atoms with E-state index in [-0.39, 0.29) is 10.7 Å². The molecule has 2 heterocycles. The third-order valence-corrected chi connectivity index (χ3v) is 4.37. The second-order valence-corrected chi connectivity index (χ2v) is 6.03. The van der Waals surface area contributed by atoms with Crippen molar-refractivity contribution in [3.05, 3.63) is 42.1 Å². The summed E-state index contributed by atoms with van der Waals surface area (Å²) < 4.78 is 1.08. The summed E-state index contributed by atoms with van der Waals surface area (Å²) in [6, 6.07) is 0. The maximum absolute atomic E-state index is 12.4. The number of thiazole rings is 1. The summed E-state index contributed by atoms with van der Waals surface area (Å²) in [4.78, 5) is 32.4. The average molecular weight is 314 g/mol. The van der Waals surface area contributed by atoms with E-state index in [1.165, 1.54) is 11.3 Å². The van der Waals surface area contributed by atoms with Crippen molar-refractivity contribution in [2.24, 2.45) is 0 Å². The van der Waals surface area contributed by atoms with Crippen molar-refractivity contribution in [3.63, 3.8) is 0 Å². The van der Waals surface area contributed by atoms with Gasteiger partial charge in [0.05, 0.1) is 11.3 Å². The van der Waals surface area contributed by atoms with E-state index in [0.717, 1.165) is 28.0 Å². The molecule has 0 aromatic carbocycles. The van der Waals surface area contributed by atoms with Gasteiger partial charge in [0.15, 0.2) is 0 Å². The molecule has 20 heavy (non-hydrogen) atoms. The Kier molecular flexibility index (Phi) is 4.45. The molecule has 0 unspecified atom stereocenters. The van der Waals surface area contributed by atoms with E-state index in [4.69, 9.17) is 11.6 Å². The van der Waals surface area contributed by atoms with Crippen LogP contribution < -0.4 is 11.2 Å². The number of rotatable bonds is 4. The lowest BCUT2D eigenvalue weighted by molar-refractivity contribution is 0.803. The summed E-state index contributed by atoms with van der Waals surface area (Å²) in [5, 5.41) is 0.529. The predicted octanol–water partition coefficient (Wildman–Crippen LogP) is 2.46. The van der Waals surface area contributed by atoms with Gasteiger partial charge < -0.3 is 0 Å². The lowest BCUT2D eigenvalue weighted by Crippen LogP contribution is -2.36. The van der Waals surface area contributed by atoms with E-state index < -0.39 is 5.69 Å². The molecule has 0 bridgehead atoms. The first-order valence-corrected chi connectivity index (χ1v) is 7.69. The van der Waals surface area contributed by atoms with Crippen molar-refractivity contribution in [3.8, 4) is 5.13 Å². The van der Waals surface area contributed by atoms with Crippen LogP contribution in [0, 0.1) is 6.92 Å². The largest absolute Gasteiger partial charge is 0.336 e. The highest BCUT2D eigenvalue weighted by Crippen LogP contribution is 2.20. The molecule has 2 aromatic rings. The molecule has 0 amide bonds. The third-order valence-electron chi connectivity index (χ3n) is 3.05. The molecule has 0 aliphatic rings. The minimum Gasteiger partial charge on any atom is -0.297 e. The van der Waals surface area contributed by atoms with Crippen molar-refractivity contribution < 1.29 is 0 Å². The number of nitrogens with one attached hydrogen (secondary N) is 1. The van der Waals surface area contributed by atoms with Crippen LogP contribution in [0.15, 0.2) is 9.59 Å². The molecule has 0 atom stereocenters. The third kappa shape index (κ3) is 2.58. The zero-order valence-electron chi connectivity index (χ0n) is 11.6. The van der Waals surface area contributed by atoms with Gasteiger partial charge in [0.25, 0.3) is 5.56 Å². The molecular formula is C13H16ClN3O2S. The number of halogens is 1. The molecule has 0 aliphatic heterocycles. The number of aromatic amines is 1. The number of H-pyrrole nitrogens is 1. The first-order valence-electron chi connectivity index (χ1n) is 6.49. The Labute approximate surface area is 125 Å². The topological polar surface area (TPSA) is 67.8 Å². The first kappa shape index (κ1) is 15.0. The Hall–Kier alpha value is -1.40. The normalized spacial score (nSPS) is 11.0. The van der Waals surface area contributed by atoms with Gasteiger partial charge in [-0.15, -0.1) is 11.3 Å². The van der Waals surface area contributed by atoms with Crippen LogP contribution in [0.2, 0.25) is 5.15 Å². The van der Waals surface area contributed by atoms with Crippen LogP contribution in [0.25, 0.3) is 5.13 Å². The van der Waals surface area contributed by atoms with Gasteiger partial charge in [-0.2, -0.15) is 0 Å². The van der Waals surface area contributed by atoms with Gasteiger partial charge in [0.2, 0.25) is 5.13 Å². The smallest absolute Gasteiger partial charge is 0.297 e. The Morgan fingerprint density at radius 3 is 2.60 bits per heavy atom. The van der Waals surface area contributed by atoms with E-state index >= 15 is 0 Å². The monoisotopic (exact) mass is 313 g/mol.